The summed E-state index contributed by atoms with van der Waals surface area (Å²) in [5.41, 5.74) is -0.433. The Kier molecular flexibility index (Phi) is 4.55. The first-order valence-electron chi connectivity index (χ1n) is 6.92. The predicted octanol–water partition coefficient (Wildman–Crippen LogP) is 0.0646. The Morgan fingerprint density at radius 3 is 2.32 bits per heavy atom. The molecule has 2 aromatic heterocycles. The van der Waals surface area contributed by atoms with Crippen LogP contribution >= 0.6 is 15.9 Å². The van der Waals surface area contributed by atoms with Crippen molar-refractivity contribution < 1.29 is 4.79 Å². The van der Waals surface area contributed by atoms with Gasteiger partial charge in [0.2, 0.25) is 5.91 Å². The summed E-state index contributed by atoms with van der Waals surface area (Å²) in [4.78, 5) is 42.5. The largest absolute Gasteiger partial charge is 0.342 e. The Morgan fingerprint density at radius 1 is 1.18 bits per heavy atom. The van der Waals surface area contributed by atoms with E-state index in [-0.39, 0.29) is 23.6 Å². The highest BCUT2D eigenvalue weighted by atomic mass is 79.9. The van der Waals surface area contributed by atoms with Crippen LogP contribution in [0.1, 0.15) is 13.8 Å². The average Bonchev–Trinajstić information content (AvgIpc) is 2.81. The number of nitrogens with zero attached hydrogens (tertiary/aromatic N) is 5. The molecule has 22 heavy (non-hydrogen) atoms. The molecular weight excluding hydrogens is 354 g/mol. The van der Waals surface area contributed by atoms with Crippen molar-refractivity contribution >= 4 is 33.0 Å². The summed E-state index contributed by atoms with van der Waals surface area (Å²) < 4.78 is 4.15. The summed E-state index contributed by atoms with van der Waals surface area (Å²) in [7, 11) is 2.95. The summed E-state index contributed by atoms with van der Waals surface area (Å²) in [5, 5.41) is 0. The molecule has 0 fully saturated rings. The molecule has 0 aliphatic carbocycles. The van der Waals surface area contributed by atoms with Crippen LogP contribution in [0, 0.1) is 0 Å². The number of fused-ring (bicyclic) bond motifs is 1. The number of amides is 1. The number of hydrogen-bond donors (Lipinski definition) is 0. The van der Waals surface area contributed by atoms with Crippen molar-refractivity contribution in [1.29, 1.82) is 0 Å². The molecule has 0 unspecified atom stereocenters. The molecule has 0 saturated carbocycles. The van der Waals surface area contributed by atoms with E-state index < -0.39 is 11.2 Å². The van der Waals surface area contributed by atoms with E-state index in [1.54, 1.807) is 11.9 Å². The molecule has 120 valence electrons. The molecule has 0 spiro atoms. The fourth-order valence-electron chi connectivity index (χ4n) is 2.38. The van der Waals surface area contributed by atoms with E-state index in [4.69, 9.17) is 0 Å². The lowest BCUT2D eigenvalue weighted by Gasteiger charge is -2.19. The topological polar surface area (TPSA) is 82.1 Å². The van der Waals surface area contributed by atoms with Crippen LogP contribution < -0.4 is 11.2 Å². The summed E-state index contributed by atoms with van der Waals surface area (Å²) >= 11 is 3.27. The second-order valence-corrected chi connectivity index (χ2v) is 5.62. The number of hydrogen-bond acceptors (Lipinski definition) is 4. The van der Waals surface area contributed by atoms with Crippen LogP contribution in [0.3, 0.4) is 0 Å². The summed E-state index contributed by atoms with van der Waals surface area (Å²) in [6.45, 7) is 4.97. The maximum atomic E-state index is 12.4. The van der Waals surface area contributed by atoms with E-state index in [1.807, 2.05) is 13.8 Å². The zero-order valence-corrected chi connectivity index (χ0v) is 14.5. The number of likely N-dealkylation sites (N-methyl/N-ethyl adjacent to an activating group) is 1. The molecule has 0 bridgehead atoms. The zero-order chi connectivity index (χ0) is 16.6. The maximum Gasteiger partial charge on any atom is 0.332 e. The second kappa shape index (κ2) is 6.07. The highest BCUT2D eigenvalue weighted by Gasteiger charge is 2.20. The van der Waals surface area contributed by atoms with Gasteiger partial charge in [-0.3, -0.25) is 18.7 Å². The Hall–Kier alpha value is -1.90. The lowest BCUT2D eigenvalue weighted by molar-refractivity contribution is -0.131. The number of carbonyl (C=O) groups is 1. The fraction of sp³-hybridized carbons (Fsp3) is 0.538. The molecule has 2 heterocycles. The Bertz CT molecular complexity index is 844. The monoisotopic (exact) mass is 371 g/mol. The van der Waals surface area contributed by atoms with Gasteiger partial charge < -0.3 is 9.47 Å². The number of rotatable bonds is 4. The van der Waals surface area contributed by atoms with E-state index in [0.29, 0.717) is 17.8 Å². The van der Waals surface area contributed by atoms with Crippen molar-refractivity contribution in [3.8, 4) is 0 Å². The Balaban J connectivity index is 2.66. The van der Waals surface area contributed by atoms with Gasteiger partial charge in [-0.05, 0) is 29.8 Å². The molecule has 0 aliphatic heterocycles. The van der Waals surface area contributed by atoms with Crippen molar-refractivity contribution in [3.63, 3.8) is 0 Å². The van der Waals surface area contributed by atoms with Gasteiger partial charge in [-0.1, -0.05) is 0 Å². The van der Waals surface area contributed by atoms with Crippen LogP contribution in [-0.4, -0.2) is 42.6 Å². The van der Waals surface area contributed by atoms with E-state index in [0.717, 1.165) is 4.57 Å². The molecule has 1 amide bonds. The Morgan fingerprint density at radius 2 is 1.77 bits per heavy atom. The van der Waals surface area contributed by atoms with Crippen LogP contribution in [-0.2, 0) is 25.4 Å². The minimum atomic E-state index is -0.469. The molecule has 2 rings (SSSR count). The molecule has 9 heteroatoms. The maximum absolute atomic E-state index is 12.4. The van der Waals surface area contributed by atoms with Crippen molar-refractivity contribution in [1.82, 2.24) is 23.6 Å². The van der Waals surface area contributed by atoms with E-state index >= 15 is 0 Å². The molecule has 0 atom stereocenters. The van der Waals surface area contributed by atoms with Crippen LogP contribution in [0.4, 0.5) is 0 Å². The molecular formula is C13H18BrN5O3. The third kappa shape index (κ3) is 2.49. The van der Waals surface area contributed by atoms with Gasteiger partial charge in [-0.2, -0.15) is 0 Å². The van der Waals surface area contributed by atoms with Gasteiger partial charge in [0.25, 0.3) is 5.56 Å². The lowest BCUT2D eigenvalue weighted by atomic mass is 10.4. The van der Waals surface area contributed by atoms with Gasteiger partial charge in [-0.15, -0.1) is 0 Å². The van der Waals surface area contributed by atoms with Crippen LogP contribution in [0.25, 0.3) is 11.2 Å². The van der Waals surface area contributed by atoms with Gasteiger partial charge in [0.1, 0.15) is 6.54 Å². The molecule has 0 saturated heterocycles. The zero-order valence-electron chi connectivity index (χ0n) is 13.0. The van der Waals surface area contributed by atoms with Crippen molar-refractivity contribution in [2.45, 2.75) is 20.4 Å². The third-order valence-corrected chi connectivity index (χ3v) is 4.32. The average molecular weight is 372 g/mol. The number of carbonyl (C=O) groups excluding carboxylic acids is 1. The van der Waals surface area contributed by atoms with Crippen LogP contribution in [0.2, 0.25) is 0 Å². The van der Waals surface area contributed by atoms with Gasteiger partial charge in [0.05, 0.1) is 0 Å². The SMILES string of the molecule is CCN(CC)C(=O)Cn1c(Br)nc2c1c(=O)n(C)c(=O)n2C. The Labute approximate surface area is 135 Å². The van der Waals surface area contributed by atoms with Gasteiger partial charge in [0.15, 0.2) is 15.9 Å². The number of halogens is 1. The first-order valence-corrected chi connectivity index (χ1v) is 7.72. The van der Waals surface area contributed by atoms with Crippen molar-refractivity contribution in [2.75, 3.05) is 13.1 Å². The minimum absolute atomic E-state index is 0.00773. The quantitative estimate of drug-likeness (QED) is 0.711. The highest BCUT2D eigenvalue weighted by molar-refractivity contribution is 9.10. The summed E-state index contributed by atoms with van der Waals surface area (Å²) in [5.74, 6) is -0.110. The number of imidazole rings is 1. The molecule has 0 aliphatic rings. The minimum Gasteiger partial charge on any atom is -0.342 e. The van der Waals surface area contributed by atoms with Crippen LogP contribution in [0.15, 0.2) is 14.3 Å². The molecule has 2 aromatic rings. The fourth-order valence-corrected chi connectivity index (χ4v) is 2.85. The standard InChI is InChI=1S/C13H18BrN5O3/c1-5-18(6-2)8(20)7-19-9-10(15-12(19)14)16(3)13(22)17(4)11(9)21/h5-7H2,1-4H3. The van der Waals surface area contributed by atoms with Crippen molar-refractivity contribution in [3.05, 3.63) is 25.6 Å². The van der Waals surface area contributed by atoms with E-state index in [2.05, 4.69) is 20.9 Å². The van der Waals surface area contributed by atoms with Gasteiger partial charge >= 0.3 is 5.69 Å². The lowest BCUT2D eigenvalue weighted by Crippen LogP contribution is -2.38. The first kappa shape index (κ1) is 16.5. The smallest absolute Gasteiger partial charge is 0.332 e. The van der Waals surface area contributed by atoms with Gasteiger partial charge in [-0.25, -0.2) is 9.78 Å². The molecule has 0 radical (unpaired) electrons. The van der Waals surface area contributed by atoms with E-state index in [1.165, 1.54) is 16.2 Å². The highest BCUT2D eigenvalue weighted by Crippen LogP contribution is 2.16. The second-order valence-electron chi connectivity index (χ2n) is 4.91. The molecule has 0 aromatic carbocycles. The predicted molar refractivity (Wildman–Crippen MR) is 85.8 cm³/mol. The van der Waals surface area contributed by atoms with Crippen LogP contribution in [0.5, 0.6) is 0 Å². The molecule has 8 nitrogen and oxygen atoms in total. The third-order valence-electron chi connectivity index (χ3n) is 3.71. The first-order chi connectivity index (χ1) is 10.3. The summed E-state index contributed by atoms with van der Waals surface area (Å²) in [6, 6.07) is 0. The number of aromatic nitrogens is 4. The van der Waals surface area contributed by atoms with Crippen molar-refractivity contribution in [2.24, 2.45) is 14.1 Å². The molecule has 0 N–H and O–H groups in total. The number of aryl methyl sites for hydroxylation is 1. The summed E-state index contributed by atoms with van der Waals surface area (Å²) in [6.07, 6.45) is 0. The van der Waals surface area contributed by atoms with E-state index in [9.17, 15) is 14.4 Å². The normalized spacial score (nSPS) is 11.1. The van der Waals surface area contributed by atoms with Gasteiger partial charge in [0, 0.05) is 27.2 Å².